The minimum Gasteiger partial charge on any atom is -0.396 e. The van der Waals surface area contributed by atoms with E-state index < -0.39 is 0 Å². The van der Waals surface area contributed by atoms with Crippen molar-refractivity contribution in [3.63, 3.8) is 0 Å². The molecule has 0 amide bonds. The highest BCUT2D eigenvalue weighted by Crippen LogP contribution is 2.32. The molecular formula is C14H20ClN5O. The normalized spacial score (nSPS) is 10.7. The van der Waals surface area contributed by atoms with Crippen molar-refractivity contribution in [1.82, 2.24) is 15.0 Å². The van der Waals surface area contributed by atoms with E-state index in [4.69, 9.17) is 16.7 Å². The molecule has 2 aromatic rings. The number of aliphatic hydroxyl groups is 1. The Morgan fingerprint density at radius 2 is 2.19 bits per heavy atom. The summed E-state index contributed by atoms with van der Waals surface area (Å²) in [6, 6.07) is 5.76. The lowest BCUT2D eigenvalue weighted by Gasteiger charge is -2.19. The highest BCUT2D eigenvalue weighted by molar-refractivity contribution is 6.34. The summed E-state index contributed by atoms with van der Waals surface area (Å²) in [5.74, 6) is 0. The first-order valence-corrected chi connectivity index (χ1v) is 7.19. The van der Waals surface area contributed by atoms with Crippen LogP contribution in [0.4, 0.5) is 11.4 Å². The van der Waals surface area contributed by atoms with Gasteiger partial charge in [-0.15, -0.1) is 5.10 Å². The molecule has 2 rings (SSSR count). The second-order valence-corrected chi connectivity index (χ2v) is 5.34. The number of halogens is 1. The van der Waals surface area contributed by atoms with Gasteiger partial charge in [0.05, 0.1) is 29.1 Å². The van der Waals surface area contributed by atoms with Gasteiger partial charge < -0.3 is 15.3 Å². The zero-order chi connectivity index (χ0) is 15.2. The standard InChI is InChI=1S/C14H20ClN5O/c1-19(2)14-12(15)5-3-6-13(14)16-9-11-10-20(18-17-11)7-4-8-21/h3,5-6,10,16,21H,4,7-9H2,1-2H3. The second kappa shape index (κ2) is 7.28. The van der Waals surface area contributed by atoms with Crippen LogP contribution in [0.15, 0.2) is 24.4 Å². The van der Waals surface area contributed by atoms with E-state index in [2.05, 4.69) is 15.6 Å². The number of nitrogens with zero attached hydrogens (tertiary/aromatic N) is 4. The number of rotatable bonds is 7. The molecule has 0 aliphatic carbocycles. The Bertz CT molecular complexity index is 584. The zero-order valence-electron chi connectivity index (χ0n) is 12.3. The van der Waals surface area contributed by atoms with Gasteiger partial charge in [0.15, 0.2) is 0 Å². The largest absolute Gasteiger partial charge is 0.396 e. The Kier molecular flexibility index (Phi) is 5.41. The molecule has 0 saturated carbocycles. The van der Waals surface area contributed by atoms with Gasteiger partial charge in [0.25, 0.3) is 0 Å². The van der Waals surface area contributed by atoms with Crippen molar-refractivity contribution in [3.8, 4) is 0 Å². The first kappa shape index (κ1) is 15.6. The summed E-state index contributed by atoms with van der Waals surface area (Å²) in [5.41, 5.74) is 2.75. The Hall–Kier alpha value is -1.79. The predicted molar refractivity (Wildman–Crippen MR) is 84.8 cm³/mol. The molecule has 21 heavy (non-hydrogen) atoms. The molecule has 0 unspecified atom stereocenters. The molecular weight excluding hydrogens is 290 g/mol. The SMILES string of the molecule is CN(C)c1c(Cl)cccc1NCc1cn(CCCO)nn1. The molecule has 1 aromatic carbocycles. The quantitative estimate of drug-likeness (QED) is 0.819. The Balaban J connectivity index is 2.03. The number of hydrogen-bond donors (Lipinski definition) is 2. The van der Waals surface area contributed by atoms with Crippen LogP contribution in [0.25, 0.3) is 0 Å². The highest BCUT2D eigenvalue weighted by atomic mass is 35.5. The fourth-order valence-electron chi connectivity index (χ4n) is 2.06. The fraction of sp³-hybridized carbons (Fsp3) is 0.429. The molecule has 114 valence electrons. The van der Waals surface area contributed by atoms with E-state index in [1.54, 1.807) is 4.68 Å². The van der Waals surface area contributed by atoms with E-state index in [-0.39, 0.29) is 6.61 Å². The number of aromatic nitrogens is 3. The maximum absolute atomic E-state index is 8.80. The lowest BCUT2D eigenvalue weighted by atomic mass is 10.2. The van der Waals surface area contributed by atoms with E-state index in [0.29, 0.717) is 24.5 Å². The third-order valence-electron chi connectivity index (χ3n) is 3.03. The molecule has 2 N–H and O–H groups in total. The second-order valence-electron chi connectivity index (χ2n) is 4.93. The Labute approximate surface area is 129 Å². The van der Waals surface area contributed by atoms with Gasteiger partial charge in [-0.05, 0) is 18.6 Å². The molecule has 1 heterocycles. The smallest absolute Gasteiger partial charge is 0.102 e. The molecule has 0 radical (unpaired) electrons. The molecule has 0 aliphatic heterocycles. The molecule has 0 bridgehead atoms. The number of para-hydroxylation sites is 1. The fourth-order valence-corrected chi connectivity index (χ4v) is 2.40. The van der Waals surface area contributed by atoms with Crippen molar-refractivity contribution in [3.05, 3.63) is 35.1 Å². The Morgan fingerprint density at radius 3 is 2.90 bits per heavy atom. The first-order chi connectivity index (χ1) is 10.1. The van der Waals surface area contributed by atoms with Crippen LogP contribution in [0, 0.1) is 0 Å². The maximum atomic E-state index is 8.80. The first-order valence-electron chi connectivity index (χ1n) is 6.81. The van der Waals surface area contributed by atoms with E-state index in [1.165, 1.54) is 0 Å². The van der Waals surface area contributed by atoms with Gasteiger partial charge in [-0.3, -0.25) is 4.68 Å². The van der Waals surface area contributed by atoms with Crippen LogP contribution in [-0.4, -0.2) is 40.8 Å². The summed E-state index contributed by atoms with van der Waals surface area (Å²) in [4.78, 5) is 1.97. The molecule has 0 spiro atoms. The summed E-state index contributed by atoms with van der Waals surface area (Å²) in [7, 11) is 3.91. The van der Waals surface area contributed by atoms with Gasteiger partial charge in [-0.1, -0.05) is 22.9 Å². The van der Waals surface area contributed by atoms with E-state index >= 15 is 0 Å². The minimum absolute atomic E-state index is 0.155. The molecule has 0 fully saturated rings. The lowest BCUT2D eigenvalue weighted by Crippen LogP contribution is -2.13. The van der Waals surface area contributed by atoms with Crippen molar-refractivity contribution in [2.45, 2.75) is 19.5 Å². The molecule has 1 aromatic heterocycles. The predicted octanol–water partition coefficient (Wildman–Crippen LogP) is 1.99. The van der Waals surface area contributed by atoms with Crippen LogP contribution >= 0.6 is 11.6 Å². The summed E-state index contributed by atoms with van der Waals surface area (Å²) < 4.78 is 1.73. The number of aliphatic hydroxyl groups excluding tert-OH is 1. The molecule has 0 aliphatic rings. The van der Waals surface area contributed by atoms with Crippen molar-refractivity contribution in [1.29, 1.82) is 0 Å². The van der Waals surface area contributed by atoms with Gasteiger partial charge in [-0.2, -0.15) is 0 Å². The average molecular weight is 310 g/mol. The van der Waals surface area contributed by atoms with Gasteiger partial charge in [-0.25, -0.2) is 0 Å². The van der Waals surface area contributed by atoms with Crippen LogP contribution in [0.2, 0.25) is 5.02 Å². The van der Waals surface area contributed by atoms with Gasteiger partial charge >= 0.3 is 0 Å². The van der Waals surface area contributed by atoms with Crippen LogP contribution < -0.4 is 10.2 Å². The number of benzene rings is 1. The maximum Gasteiger partial charge on any atom is 0.102 e. The summed E-state index contributed by atoms with van der Waals surface area (Å²) in [6.45, 7) is 1.39. The van der Waals surface area contributed by atoms with Gasteiger partial charge in [0.2, 0.25) is 0 Å². The van der Waals surface area contributed by atoms with Crippen molar-refractivity contribution in [2.24, 2.45) is 0 Å². The molecule has 6 nitrogen and oxygen atoms in total. The third kappa shape index (κ3) is 4.09. The third-order valence-corrected chi connectivity index (χ3v) is 3.33. The molecule has 0 saturated heterocycles. The lowest BCUT2D eigenvalue weighted by molar-refractivity contribution is 0.276. The topological polar surface area (TPSA) is 66.2 Å². The molecule has 0 atom stereocenters. The van der Waals surface area contributed by atoms with Gasteiger partial charge in [0.1, 0.15) is 5.69 Å². The monoisotopic (exact) mass is 309 g/mol. The number of hydrogen-bond acceptors (Lipinski definition) is 5. The van der Waals surface area contributed by atoms with E-state index in [0.717, 1.165) is 17.1 Å². The average Bonchev–Trinajstić information content (AvgIpc) is 2.90. The molecule has 7 heteroatoms. The van der Waals surface area contributed by atoms with E-state index in [1.807, 2.05) is 43.4 Å². The van der Waals surface area contributed by atoms with Crippen LogP contribution in [0.1, 0.15) is 12.1 Å². The number of anilines is 2. The minimum atomic E-state index is 0.155. The van der Waals surface area contributed by atoms with Crippen molar-refractivity contribution < 1.29 is 5.11 Å². The Morgan fingerprint density at radius 1 is 1.38 bits per heavy atom. The van der Waals surface area contributed by atoms with Gasteiger partial charge in [0, 0.05) is 27.2 Å². The summed E-state index contributed by atoms with van der Waals surface area (Å²) in [6.07, 6.45) is 2.55. The van der Waals surface area contributed by atoms with Crippen LogP contribution in [0.3, 0.4) is 0 Å². The zero-order valence-corrected chi connectivity index (χ0v) is 13.0. The summed E-state index contributed by atoms with van der Waals surface area (Å²) in [5, 5.41) is 21.0. The highest BCUT2D eigenvalue weighted by Gasteiger charge is 2.09. The van der Waals surface area contributed by atoms with Crippen LogP contribution in [0.5, 0.6) is 0 Å². The van der Waals surface area contributed by atoms with Crippen molar-refractivity contribution >= 4 is 23.0 Å². The van der Waals surface area contributed by atoms with Crippen molar-refractivity contribution in [2.75, 3.05) is 30.9 Å². The number of nitrogens with one attached hydrogen (secondary N) is 1. The number of aryl methyl sites for hydroxylation is 1. The van der Waals surface area contributed by atoms with E-state index in [9.17, 15) is 0 Å². The summed E-state index contributed by atoms with van der Waals surface area (Å²) >= 11 is 6.23. The van der Waals surface area contributed by atoms with Crippen LogP contribution in [-0.2, 0) is 13.1 Å².